The lowest BCUT2D eigenvalue weighted by atomic mass is 9.79. The number of carbonyl (C=O) groups is 1. The molecule has 26 heavy (non-hydrogen) atoms. The molecule has 0 bridgehead atoms. The molecule has 0 aromatic carbocycles. The molecule has 0 N–H and O–H groups in total. The van der Waals surface area contributed by atoms with Crippen molar-refractivity contribution in [3.63, 3.8) is 0 Å². The van der Waals surface area contributed by atoms with Gasteiger partial charge >= 0.3 is 5.97 Å². The molecule has 5 nitrogen and oxygen atoms in total. The van der Waals surface area contributed by atoms with Crippen LogP contribution in [0.1, 0.15) is 74.8 Å². The summed E-state index contributed by atoms with van der Waals surface area (Å²) in [6.45, 7) is 10.4. The van der Waals surface area contributed by atoms with Crippen molar-refractivity contribution in [3.8, 4) is 0 Å². The van der Waals surface area contributed by atoms with Gasteiger partial charge in [0, 0.05) is 11.8 Å². The number of hydrogen-bond acceptors (Lipinski definition) is 4. The summed E-state index contributed by atoms with van der Waals surface area (Å²) in [7, 11) is 0. The van der Waals surface area contributed by atoms with Crippen molar-refractivity contribution in [1.29, 1.82) is 0 Å². The van der Waals surface area contributed by atoms with E-state index in [0.717, 1.165) is 29.3 Å². The highest BCUT2D eigenvalue weighted by molar-refractivity contribution is 5.88. The van der Waals surface area contributed by atoms with Crippen molar-refractivity contribution in [2.45, 2.75) is 59.3 Å². The van der Waals surface area contributed by atoms with Gasteiger partial charge in [-0.15, -0.1) is 0 Å². The predicted molar refractivity (Wildman–Crippen MR) is 103 cm³/mol. The molecule has 1 fully saturated rings. The SMILES string of the molecule is C=C(C)c1cc(CC2CCC(CC)CC2)nc2cc(C(=O)OCC)nn12. The zero-order valence-electron chi connectivity index (χ0n) is 16.1. The van der Waals surface area contributed by atoms with Gasteiger partial charge in [0.25, 0.3) is 0 Å². The first-order valence-corrected chi connectivity index (χ1v) is 9.74. The maximum absolute atomic E-state index is 12.0. The molecule has 0 unspecified atom stereocenters. The molecule has 0 saturated heterocycles. The van der Waals surface area contributed by atoms with Crippen LogP contribution in [0, 0.1) is 11.8 Å². The number of rotatable bonds is 6. The number of aromatic nitrogens is 3. The molecule has 0 spiro atoms. The monoisotopic (exact) mass is 355 g/mol. The molecule has 140 valence electrons. The van der Waals surface area contributed by atoms with Crippen LogP contribution in [0.2, 0.25) is 0 Å². The molecule has 3 rings (SSSR count). The number of allylic oxidation sites excluding steroid dienone is 1. The maximum atomic E-state index is 12.0. The van der Waals surface area contributed by atoms with E-state index in [0.29, 0.717) is 23.9 Å². The Morgan fingerprint density at radius 1 is 1.23 bits per heavy atom. The number of esters is 1. The van der Waals surface area contributed by atoms with Gasteiger partial charge in [0.1, 0.15) is 0 Å². The van der Waals surface area contributed by atoms with Gasteiger partial charge in [-0.3, -0.25) is 0 Å². The summed E-state index contributed by atoms with van der Waals surface area (Å²) in [4.78, 5) is 16.8. The number of hydrogen-bond donors (Lipinski definition) is 0. The molecule has 2 heterocycles. The second kappa shape index (κ2) is 8.02. The zero-order chi connectivity index (χ0) is 18.7. The highest BCUT2D eigenvalue weighted by Gasteiger charge is 2.22. The Balaban J connectivity index is 1.87. The van der Waals surface area contributed by atoms with E-state index in [9.17, 15) is 4.79 Å². The van der Waals surface area contributed by atoms with Crippen LogP contribution in [-0.4, -0.2) is 27.2 Å². The van der Waals surface area contributed by atoms with E-state index in [-0.39, 0.29) is 0 Å². The summed E-state index contributed by atoms with van der Waals surface area (Å²) in [5, 5.41) is 4.38. The van der Waals surface area contributed by atoms with Gasteiger partial charge < -0.3 is 4.74 Å². The van der Waals surface area contributed by atoms with Crippen molar-refractivity contribution in [3.05, 3.63) is 35.8 Å². The summed E-state index contributed by atoms with van der Waals surface area (Å²) in [6.07, 6.45) is 7.49. The Hall–Kier alpha value is -2.17. The minimum absolute atomic E-state index is 0.294. The predicted octanol–water partition coefficient (Wildman–Crippen LogP) is 4.70. The molecule has 0 amide bonds. The van der Waals surface area contributed by atoms with Gasteiger partial charge in [-0.2, -0.15) is 5.10 Å². The van der Waals surface area contributed by atoms with Crippen molar-refractivity contribution < 1.29 is 9.53 Å². The lowest BCUT2D eigenvalue weighted by Gasteiger charge is -2.27. The molecule has 1 saturated carbocycles. The Morgan fingerprint density at radius 2 is 1.92 bits per heavy atom. The van der Waals surface area contributed by atoms with E-state index in [1.54, 1.807) is 17.5 Å². The van der Waals surface area contributed by atoms with Crippen molar-refractivity contribution in [2.75, 3.05) is 6.61 Å². The molecule has 0 atom stereocenters. The fourth-order valence-electron chi connectivity index (χ4n) is 3.88. The topological polar surface area (TPSA) is 56.5 Å². The summed E-state index contributed by atoms with van der Waals surface area (Å²) < 4.78 is 6.77. The summed E-state index contributed by atoms with van der Waals surface area (Å²) in [6, 6.07) is 3.78. The Kier molecular flexibility index (Phi) is 5.74. The van der Waals surface area contributed by atoms with Crippen LogP contribution in [-0.2, 0) is 11.2 Å². The third-order valence-electron chi connectivity index (χ3n) is 5.44. The smallest absolute Gasteiger partial charge is 0.358 e. The number of fused-ring (bicyclic) bond motifs is 1. The van der Waals surface area contributed by atoms with Crippen LogP contribution in [0.15, 0.2) is 18.7 Å². The molecule has 1 aliphatic carbocycles. The first-order chi connectivity index (χ1) is 12.5. The lowest BCUT2D eigenvalue weighted by Crippen LogP contribution is -2.16. The van der Waals surface area contributed by atoms with Crippen LogP contribution in [0.4, 0.5) is 0 Å². The van der Waals surface area contributed by atoms with E-state index in [1.807, 2.05) is 6.92 Å². The van der Waals surface area contributed by atoms with E-state index in [1.165, 1.54) is 32.1 Å². The molecule has 5 heteroatoms. The number of nitrogens with zero attached hydrogens (tertiary/aromatic N) is 3. The third kappa shape index (κ3) is 3.97. The Labute approximate surface area is 155 Å². The molecule has 2 aromatic heterocycles. The standard InChI is InChI=1S/C21H29N3O2/c1-5-15-7-9-16(10-8-15)11-17-12-19(14(3)4)24-20(22-17)13-18(23-24)21(25)26-6-2/h12-13,15-16H,3,5-11H2,1-2,4H3. The van der Waals surface area contributed by atoms with Crippen LogP contribution in [0.5, 0.6) is 0 Å². The molecule has 0 radical (unpaired) electrons. The van der Waals surface area contributed by atoms with Crippen LogP contribution in [0.3, 0.4) is 0 Å². The highest BCUT2D eigenvalue weighted by atomic mass is 16.5. The van der Waals surface area contributed by atoms with Crippen LogP contribution < -0.4 is 0 Å². The Bertz CT molecular complexity index is 801. The molecule has 1 aliphatic rings. The number of carbonyl (C=O) groups excluding carboxylic acids is 1. The Morgan fingerprint density at radius 3 is 2.54 bits per heavy atom. The fraction of sp³-hybridized carbons (Fsp3) is 0.571. The van der Waals surface area contributed by atoms with Crippen molar-refractivity contribution in [2.24, 2.45) is 11.8 Å². The minimum Gasteiger partial charge on any atom is -0.461 e. The quantitative estimate of drug-likeness (QED) is 0.705. The van der Waals surface area contributed by atoms with Gasteiger partial charge in [0.05, 0.1) is 12.3 Å². The van der Waals surface area contributed by atoms with Gasteiger partial charge in [0.15, 0.2) is 11.3 Å². The summed E-state index contributed by atoms with van der Waals surface area (Å²) in [5.41, 5.74) is 3.86. The summed E-state index contributed by atoms with van der Waals surface area (Å²) in [5.74, 6) is 1.18. The first-order valence-electron chi connectivity index (χ1n) is 9.74. The molecule has 2 aromatic rings. The van der Waals surface area contributed by atoms with Crippen molar-refractivity contribution >= 4 is 17.2 Å². The average molecular weight is 355 g/mol. The normalized spacial score (nSPS) is 20.3. The van der Waals surface area contributed by atoms with E-state index in [4.69, 9.17) is 9.72 Å². The van der Waals surface area contributed by atoms with Gasteiger partial charge in [-0.1, -0.05) is 32.8 Å². The van der Waals surface area contributed by atoms with Crippen LogP contribution >= 0.6 is 0 Å². The number of ether oxygens (including phenoxy) is 1. The summed E-state index contributed by atoms with van der Waals surface area (Å²) >= 11 is 0. The van der Waals surface area contributed by atoms with Crippen LogP contribution in [0.25, 0.3) is 11.2 Å². The molecular formula is C21H29N3O2. The van der Waals surface area contributed by atoms with Gasteiger partial charge in [0.2, 0.25) is 0 Å². The van der Waals surface area contributed by atoms with E-state index >= 15 is 0 Å². The molecule has 0 aliphatic heterocycles. The lowest BCUT2D eigenvalue weighted by molar-refractivity contribution is 0.0519. The average Bonchev–Trinajstić information content (AvgIpc) is 3.06. The second-order valence-electron chi connectivity index (χ2n) is 7.43. The minimum atomic E-state index is -0.412. The second-order valence-corrected chi connectivity index (χ2v) is 7.43. The first kappa shape index (κ1) is 18.6. The molecular weight excluding hydrogens is 326 g/mol. The zero-order valence-corrected chi connectivity index (χ0v) is 16.1. The van der Waals surface area contributed by atoms with Gasteiger partial charge in [-0.25, -0.2) is 14.3 Å². The maximum Gasteiger partial charge on any atom is 0.358 e. The highest BCUT2D eigenvalue weighted by Crippen LogP contribution is 2.32. The van der Waals surface area contributed by atoms with Gasteiger partial charge in [-0.05, 0) is 56.6 Å². The van der Waals surface area contributed by atoms with Crippen molar-refractivity contribution in [1.82, 2.24) is 14.6 Å². The fourth-order valence-corrected chi connectivity index (χ4v) is 3.88. The third-order valence-corrected chi connectivity index (χ3v) is 5.44. The van der Waals surface area contributed by atoms with E-state index in [2.05, 4.69) is 24.7 Å². The van der Waals surface area contributed by atoms with E-state index < -0.39 is 5.97 Å². The largest absolute Gasteiger partial charge is 0.461 e.